The van der Waals surface area contributed by atoms with Crippen molar-refractivity contribution in [1.29, 1.82) is 0 Å². The fraction of sp³-hybridized carbons (Fsp3) is 0.375. The van der Waals surface area contributed by atoms with Crippen molar-refractivity contribution in [2.45, 2.75) is 6.42 Å². The highest BCUT2D eigenvalue weighted by molar-refractivity contribution is 7.09. The van der Waals surface area contributed by atoms with Gasteiger partial charge < -0.3 is 10.1 Å². The first-order valence-electron chi connectivity index (χ1n) is 4.46. The third kappa shape index (κ3) is 2.74. The lowest BCUT2D eigenvalue weighted by molar-refractivity contribution is 0.201. The maximum absolute atomic E-state index is 4.95. The molecule has 2 aromatic heterocycles. The lowest BCUT2D eigenvalue weighted by Gasteiger charge is -1.94. The van der Waals surface area contributed by atoms with E-state index in [1.807, 2.05) is 0 Å². The van der Waals surface area contributed by atoms with Gasteiger partial charge in [-0.15, -0.1) is 0 Å². The number of aromatic nitrogens is 4. The number of H-pyrrole nitrogens is 1. The van der Waals surface area contributed by atoms with Crippen LogP contribution in [0.1, 0.15) is 5.82 Å². The molecule has 0 aliphatic rings. The number of methoxy groups -OCH3 is 1. The first kappa shape index (κ1) is 10.1. The van der Waals surface area contributed by atoms with Crippen molar-refractivity contribution < 1.29 is 4.74 Å². The smallest absolute Gasteiger partial charge is 0.207 e. The summed E-state index contributed by atoms with van der Waals surface area (Å²) < 4.78 is 9.14. The van der Waals surface area contributed by atoms with Gasteiger partial charge in [0.25, 0.3) is 0 Å². The van der Waals surface area contributed by atoms with Crippen molar-refractivity contribution in [3.63, 3.8) is 0 Å². The van der Waals surface area contributed by atoms with E-state index in [2.05, 4.69) is 24.9 Å². The molecule has 0 aliphatic heterocycles. The highest BCUT2D eigenvalue weighted by Gasteiger charge is 2.04. The molecular weight excluding hydrogens is 214 g/mol. The largest absolute Gasteiger partial charge is 0.384 e. The van der Waals surface area contributed by atoms with Crippen LogP contribution >= 0.6 is 11.5 Å². The van der Waals surface area contributed by atoms with Gasteiger partial charge in [0.15, 0.2) is 0 Å². The van der Waals surface area contributed by atoms with Crippen molar-refractivity contribution in [2.75, 3.05) is 19.0 Å². The maximum Gasteiger partial charge on any atom is 0.207 e. The maximum atomic E-state index is 4.95. The first-order valence-corrected chi connectivity index (χ1v) is 5.23. The minimum absolute atomic E-state index is 0.641. The Balaban J connectivity index is 1.95. The molecular formula is C8H11N5OS. The number of nitrogens with zero attached hydrogens (tertiary/aromatic N) is 3. The predicted octanol–water partition coefficient (Wildman–Crippen LogP) is 1.19. The summed E-state index contributed by atoms with van der Waals surface area (Å²) in [5.74, 6) is 0.799. The monoisotopic (exact) mass is 225 g/mol. The van der Waals surface area contributed by atoms with Crippen LogP contribution in [0.2, 0.25) is 0 Å². The zero-order valence-electron chi connectivity index (χ0n) is 8.23. The van der Waals surface area contributed by atoms with Crippen molar-refractivity contribution in [2.24, 2.45) is 0 Å². The molecule has 6 nitrogen and oxygen atoms in total. The van der Waals surface area contributed by atoms with E-state index >= 15 is 0 Å². The highest BCUT2D eigenvalue weighted by Crippen LogP contribution is 2.16. The average Bonchev–Trinajstić information content (AvgIpc) is 2.87. The van der Waals surface area contributed by atoms with E-state index in [-0.39, 0.29) is 0 Å². The van der Waals surface area contributed by atoms with Gasteiger partial charge in [-0.1, -0.05) is 0 Å². The van der Waals surface area contributed by atoms with Crippen molar-refractivity contribution >= 4 is 22.4 Å². The molecule has 80 valence electrons. The van der Waals surface area contributed by atoms with Gasteiger partial charge in [-0.25, -0.2) is 4.98 Å². The van der Waals surface area contributed by atoms with Gasteiger partial charge >= 0.3 is 0 Å². The van der Waals surface area contributed by atoms with Gasteiger partial charge in [0.05, 0.1) is 18.5 Å². The summed E-state index contributed by atoms with van der Waals surface area (Å²) >= 11 is 1.33. The zero-order valence-corrected chi connectivity index (χ0v) is 9.04. The number of hydrogen-bond acceptors (Lipinski definition) is 6. The topological polar surface area (TPSA) is 75.7 Å². The average molecular weight is 225 g/mol. The fourth-order valence-corrected chi connectivity index (χ4v) is 1.68. The lowest BCUT2D eigenvalue weighted by atomic mass is 10.4. The molecule has 2 aromatic rings. The van der Waals surface area contributed by atoms with Crippen LogP contribution in [0.3, 0.4) is 0 Å². The predicted molar refractivity (Wildman–Crippen MR) is 57.4 cm³/mol. The number of hydrogen-bond donors (Lipinski definition) is 2. The van der Waals surface area contributed by atoms with Gasteiger partial charge in [0.1, 0.15) is 5.82 Å². The number of anilines is 2. The molecule has 0 fully saturated rings. The second-order valence-corrected chi connectivity index (χ2v) is 3.62. The van der Waals surface area contributed by atoms with Crippen LogP contribution in [-0.4, -0.2) is 33.3 Å². The molecule has 0 bridgehead atoms. The van der Waals surface area contributed by atoms with Crippen molar-refractivity contribution in [3.8, 4) is 0 Å². The van der Waals surface area contributed by atoms with Crippen molar-refractivity contribution in [1.82, 2.24) is 19.6 Å². The van der Waals surface area contributed by atoms with Gasteiger partial charge in [-0.05, 0) is 0 Å². The fourth-order valence-electron chi connectivity index (χ4n) is 1.04. The van der Waals surface area contributed by atoms with Crippen LogP contribution in [0, 0.1) is 0 Å². The molecule has 0 spiro atoms. The van der Waals surface area contributed by atoms with E-state index < -0.39 is 0 Å². The lowest BCUT2D eigenvalue weighted by Crippen LogP contribution is -1.96. The SMILES string of the molecule is COCCc1nsc(Nc2cn[nH]c2)n1. The Morgan fingerprint density at radius 2 is 2.53 bits per heavy atom. The molecule has 0 unspecified atom stereocenters. The molecule has 2 N–H and O–H groups in total. The van der Waals surface area contributed by atoms with Gasteiger partial charge in [-0.3, -0.25) is 5.10 Å². The molecule has 15 heavy (non-hydrogen) atoms. The summed E-state index contributed by atoms with van der Waals surface area (Å²) in [5, 5.41) is 10.4. The molecule has 0 saturated heterocycles. The summed E-state index contributed by atoms with van der Waals surface area (Å²) in [5.41, 5.74) is 0.879. The molecule has 0 saturated carbocycles. The molecule has 0 aliphatic carbocycles. The molecule has 0 aromatic carbocycles. The number of rotatable bonds is 5. The number of nitrogens with one attached hydrogen (secondary N) is 2. The van der Waals surface area contributed by atoms with Crippen LogP contribution in [0.5, 0.6) is 0 Å². The Bertz CT molecular complexity index is 399. The Morgan fingerprint density at radius 3 is 3.27 bits per heavy atom. The number of ether oxygens (including phenoxy) is 1. The minimum Gasteiger partial charge on any atom is -0.384 e. The summed E-state index contributed by atoms with van der Waals surface area (Å²) in [7, 11) is 1.66. The standard InChI is InChI=1S/C8H11N5OS/c1-14-3-2-7-12-8(15-13-7)11-6-4-9-10-5-6/h4-5H,2-3H2,1H3,(H,9,10)(H,11,12,13). The van der Waals surface area contributed by atoms with Crippen LogP contribution in [0.15, 0.2) is 12.4 Å². The van der Waals surface area contributed by atoms with Gasteiger partial charge in [0, 0.05) is 31.3 Å². The third-order valence-electron chi connectivity index (χ3n) is 1.75. The van der Waals surface area contributed by atoms with Gasteiger partial charge in [0.2, 0.25) is 5.13 Å². The minimum atomic E-state index is 0.641. The molecule has 2 rings (SSSR count). The van der Waals surface area contributed by atoms with Crippen LogP contribution in [-0.2, 0) is 11.2 Å². The van der Waals surface area contributed by atoms with E-state index in [9.17, 15) is 0 Å². The van der Waals surface area contributed by atoms with E-state index in [0.29, 0.717) is 6.61 Å². The molecule has 0 radical (unpaired) electrons. The normalized spacial score (nSPS) is 10.5. The first-order chi connectivity index (χ1) is 7.38. The molecule has 2 heterocycles. The van der Waals surface area contributed by atoms with Gasteiger partial charge in [-0.2, -0.15) is 9.47 Å². The molecule has 0 amide bonds. The Hall–Kier alpha value is -1.47. The molecule has 7 heteroatoms. The van der Waals surface area contributed by atoms with Crippen LogP contribution < -0.4 is 5.32 Å². The van der Waals surface area contributed by atoms with Crippen molar-refractivity contribution in [3.05, 3.63) is 18.2 Å². The van der Waals surface area contributed by atoms with E-state index in [1.54, 1.807) is 19.5 Å². The zero-order chi connectivity index (χ0) is 10.5. The van der Waals surface area contributed by atoms with E-state index in [4.69, 9.17) is 4.74 Å². The summed E-state index contributed by atoms with van der Waals surface area (Å²) in [6.45, 7) is 0.641. The van der Waals surface area contributed by atoms with Crippen LogP contribution in [0.25, 0.3) is 0 Å². The second kappa shape index (κ2) is 4.85. The van der Waals surface area contributed by atoms with Crippen LogP contribution in [0.4, 0.5) is 10.8 Å². The quantitative estimate of drug-likeness (QED) is 0.799. The Labute approximate surface area is 90.9 Å². The Kier molecular flexibility index (Phi) is 3.25. The third-order valence-corrected chi connectivity index (χ3v) is 2.42. The summed E-state index contributed by atoms with van der Waals surface area (Å²) in [6, 6.07) is 0. The summed E-state index contributed by atoms with van der Waals surface area (Å²) in [4.78, 5) is 4.30. The second-order valence-electron chi connectivity index (χ2n) is 2.87. The van der Waals surface area contributed by atoms with E-state index in [1.165, 1.54) is 11.5 Å². The summed E-state index contributed by atoms with van der Waals surface area (Å²) in [6.07, 6.45) is 4.19. The molecule has 0 atom stereocenters. The highest BCUT2D eigenvalue weighted by atomic mass is 32.1. The Morgan fingerprint density at radius 1 is 1.60 bits per heavy atom. The number of aromatic amines is 1. The van der Waals surface area contributed by atoms with E-state index in [0.717, 1.165) is 23.1 Å².